The molecule has 0 spiro atoms. The molecule has 0 aromatic heterocycles. The molecule has 1 saturated heterocycles. The molecule has 0 amide bonds. The smallest absolute Gasteiger partial charge is 0.311 e. The maximum atomic E-state index is 12.8. The zero-order valence-electron chi connectivity index (χ0n) is 16.3. The number of fused-ring (bicyclic) bond motifs is 2. The second-order valence-corrected chi connectivity index (χ2v) is 9.09. The summed E-state index contributed by atoms with van der Waals surface area (Å²) in [5, 5.41) is 31.4. The summed E-state index contributed by atoms with van der Waals surface area (Å²) in [7, 11) is 0. The topological polar surface area (TPSA) is 87.0 Å². The van der Waals surface area contributed by atoms with Crippen LogP contribution in [0.15, 0.2) is 0 Å². The van der Waals surface area contributed by atoms with E-state index in [1.165, 1.54) is 0 Å². The number of cyclic esters (lactones) is 1. The number of aliphatic hydroxyl groups excluding tert-OH is 3. The minimum atomic E-state index is -0.688. The Hall–Kier alpha value is -0.650. The molecule has 0 aromatic carbocycles. The predicted molar refractivity (Wildman–Crippen MR) is 95.7 cm³/mol. The lowest BCUT2D eigenvalue weighted by atomic mass is 9.62. The van der Waals surface area contributed by atoms with Crippen molar-refractivity contribution in [1.82, 2.24) is 0 Å². The van der Waals surface area contributed by atoms with Crippen molar-refractivity contribution in [2.45, 2.75) is 91.1 Å². The molecule has 2 fully saturated rings. The fraction of sp³-hybridized carbons (Fsp3) is 0.950. The molecule has 1 aliphatic carbocycles. The van der Waals surface area contributed by atoms with Crippen molar-refractivity contribution in [2.24, 2.45) is 29.1 Å². The van der Waals surface area contributed by atoms with Gasteiger partial charge < -0.3 is 20.1 Å². The molecule has 5 nitrogen and oxygen atoms in total. The Bertz CT molecular complexity index is 467. The van der Waals surface area contributed by atoms with Crippen LogP contribution in [-0.2, 0) is 9.53 Å². The summed E-state index contributed by atoms with van der Waals surface area (Å²) in [4.78, 5) is 12.8. The van der Waals surface area contributed by atoms with Crippen LogP contribution in [0.5, 0.6) is 0 Å². The van der Waals surface area contributed by atoms with Gasteiger partial charge in [0, 0.05) is 12.3 Å². The number of hydrogen-bond donors (Lipinski definition) is 3. The highest BCUT2D eigenvalue weighted by Crippen LogP contribution is 2.48. The second kappa shape index (κ2) is 7.93. The first kappa shape index (κ1) is 20.7. The Morgan fingerprint density at radius 2 is 1.80 bits per heavy atom. The van der Waals surface area contributed by atoms with Gasteiger partial charge in [0.1, 0.15) is 6.10 Å². The molecule has 0 aromatic rings. The first-order valence-corrected chi connectivity index (χ1v) is 9.82. The second-order valence-electron chi connectivity index (χ2n) is 9.09. The molecular formula is C20H36O5. The lowest BCUT2D eigenvalue weighted by Crippen LogP contribution is -2.49. The van der Waals surface area contributed by atoms with Crippen molar-refractivity contribution >= 4 is 5.97 Å². The number of hydrogen-bond acceptors (Lipinski definition) is 5. The third-order valence-corrected chi connectivity index (χ3v) is 6.65. The van der Waals surface area contributed by atoms with Crippen LogP contribution < -0.4 is 0 Å². The molecule has 9 atom stereocenters. The SMILES string of the molecule is CC[C@@H](O)C(C)C1CC(O)C(C)C[C@@]2(C)CC(C)[C@H](O)[C@@H](C2)C(=O)O1. The van der Waals surface area contributed by atoms with E-state index in [4.69, 9.17) is 4.74 Å². The van der Waals surface area contributed by atoms with E-state index in [1.807, 2.05) is 27.7 Å². The van der Waals surface area contributed by atoms with Gasteiger partial charge in [-0.05, 0) is 42.9 Å². The molecule has 5 unspecified atom stereocenters. The van der Waals surface area contributed by atoms with E-state index >= 15 is 0 Å². The Kier molecular flexibility index (Phi) is 6.55. The molecule has 25 heavy (non-hydrogen) atoms. The highest BCUT2D eigenvalue weighted by molar-refractivity contribution is 5.73. The minimum absolute atomic E-state index is 0.0252. The molecule has 5 heteroatoms. The van der Waals surface area contributed by atoms with Crippen LogP contribution in [0.25, 0.3) is 0 Å². The maximum absolute atomic E-state index is 12.8. The van der Waals surface area contributed by atoms with Crippen LogP contribution in [0.1, 0.15) is 66.7 Å². The van der Waals surface area contributed by atoms with Gasteiger partial charge in [-0.3, -0.25) is 4.79 Å². The first-order valence-electron chi connectivity index (χ1n) is 9.82. The van der Waals surface area contributed by atoms with Crippen molar-refractivity contribution in [3.05, 3.63) is 0 Å². The molecule has 1 heterocycles. The molecule has 3 N–H and O–H groups in total. The quantitative estimate of drug-likeness (QED) is 0.677. The monoisotopic (exact) mass is 356 g/mol. The van der Waals surface area contributed by atoms with Crippen LogP contribution in [0, 0.1) is 29.1 Å². The predicted octanol–water partition coefficient (Wildman–Crippen LogP) is 2.51. The van der Waals surface area contributed by atoms with Crippen molar-refractivity contribution in [2.75, 3.05) is 0 Å². The Labute approximate surface area is 151 Å². The lowest BCUT2D eigenvalue weighted by Gasteiger charge is -2.46. The van der Waals surface area contributed by atoms with Crippen molar-refractivity contribution in [3.8, 4) is 0 Å². The average molecular weight is 357 g/mol. The molecule has 1 aliphatic heterocycles. The van der Waals surface area contributed by atoms with Crippen molar-refractivity contribution in [3.63, 3.8) is 0 Å². The van der Waals surface area contributed by atoms with Gasteiger partial charge in [0.05, 0.1) is 24.2 Å². The molecule has 2 rings (SSSR count). The molecule has 146 valence electrons. The summed E-state index contributed by atoms with van der Waals surface area (Å²) < 4.78 is 5.76. The van der Waals surface area contributed by atoms with E-state index in [0.717, 1.165) is 12.8 Å². The van der Waals surface area contributed by atoms with Crippen LogP contribution >= 0.6 is 0 Å². The number of esters is 1. The van der Waals surface area contributed by atoms with Crippen LogP contribution in [0.2, 0.25) is 0 Å². The summed E-state index contributed by atoms with van der Waals surface area (Å²) >= 11 is 0. The summed E-state index contributed by atoms with van der Waals surface area (Å²) in [5.74, 6) is -1.05. The van der Waals surface area contributed by atoms with E-state index in [-0.39, 0.29) is 29.1 Å². The lowest BCUT2D eigenvalue weighted by molar-refractivity contribution is -0.175. The van der Waals surface area contributed by atoms with E-state index in [1.54, 1.807) is 0 Å². The minimum Gasteiger partial charge on any atom is -0.462 e. The van der Waals surface area contributed by atoms with Gasteiger partial charge >= 0.3 is 5.97 Å². The zero-order valence-corrected chi connectivity index (χ0v) is 16.3. The standard InChI is InChI=1S/C20H36O5/c1-6-15(21)13(4)17-7-16(22)11(2)8-20(5)9-12(3)18(23)14(10-20)19(24)25-17/h11-18,21-23H,6-10H2,1-5H3/t11?,12?,13?,14-,15-,16?,17?,18+,20+/m1/s1. The van der Waals surface area contributed by atoms with Gasteiger partial charge in [-0.1, -0.05) is 34.6 Å². The number of ether oxygens (including phenoxy) is 1. The molecule has 2 bridgehead atoms. The normalized spacial score (nSPS) is 45.4. The van der Waals surface area contributed by atoms with Gasteiger partial charge in [0.15, 0.2) is 0 Å². The van der Waals surface area contributed by atoms with E-state index < -0.39 is 30.3 Å². The third-order valence-electron chi connectivity index (χ3n) is 6.65. The maximum Gasteiger partial charge on any atom is 0.311 e. The van der Waals surface area contributed by atoms with Gasteiger partial charge in [-0.2, -0.15) is 0 Å². The highest BCUT2D eigenvalue weighted by atomic mass is 16.5. The Balaban J connectivity index is 2.30. The van der Waals surface area contributed by atoms with Gasteiger partial charge in [-0.25, -0.2) is 0 Å². The average Bonchev–Trinajstić information content (AvgIpc) is 2.54. The summed E-state index contributed by atoms with van der Waals surface area (Å²) in [6, 6.07) is 0. The van der Waals surface area contributed by atoms with Crippen molar-refractivity contribution in [1.29, 1.82) is 0 Å². The van der Waals surface area contributed by atoms with Gasteiger partial charge in [0.25, 0.3) is 0 Å². The zero-order chi connectivity index (χ0) is 18.9. The first-order chi connectivity index (χ1) is 11.6. The van der Waals surface area contributed by atoms with Gasteiger partial charge in [-0.15, -0.1) is 0 Å². The number of rotatable bonds is 3. The van der Waals surface area contributed by atoms with E-state index in [0.29, 0.717) is 19.3 Å². The Morgan fingerprint density at radius 3 is 2.40 bits per heavy atom. The van der Waals surface area contributed by atoms with Gasteiger partial charge in [0.2, 0.25) is 0 Å². The largest absolute Gasteiger partial charge is 0.462 e. The van der Waals surface area contributed by atoms with Crippen LogP contribution in [0.4, 0.5) is 0 Å². The summed E-state index contributed by atoms with van der Waals surface area (Å²) in [6.07, 6.45) is 0.799. The third kappa shape index (κ3) is 4.55. The summed E-state index contributed by atoms with van der Waals surface area (Å²) in [6.45, 7) is 9.93. The summed E-state index contributed by atoms with van der Waals surface area (Å²) in [5.41, 5.74) is -0.0793. The van der Waals surface area contributed by atoms with Crippen LogP contribution in [0.3, 0.4) is 0 Å². The molecular weight excluding hydrogens is 320 g/mol. The van der Waals surface area contributed by atoms with Crippen molar-refractivity contribution < 1.29 is 24.9 Å². The number of carbonyl (C=O) groups excluding carboxylic acids is 1. The molecule has 0 radical (unpaired) electrons. The number of carbonyl (C=O) groups is 1. The number of aliphatic hydroxyl groups is 3. The fourth-order valence-corrected chi connectivity index (χ4v) is 5.03. The Morgan fingerprint density at radius 1 is 1.20 bits per heavy atom. The molecule has 1 saturated carbocycles. The fourth-order valence-electron chi connectivity index (χ4n) is 5.03. The van der Waals surface area contributed by atoms with E-state index in [2.05, 4.69) is 6.92 Å². The van der Waals surface area contributed by atoms with Crippen LogP contribution in [-0.4, -0.2) is 45.7 Å². The highest BCUT2D eigenvalue weighted by Gasteiger charge is 2.47. The van der Waals surface area contributed by atoms with E-state index in [9.17, 15) is 20.1 Å². The molecule has 2 aliphatic rings.